The molecule has 1 saturated heterocycles. The zero-order chi connectivity index (χ0) is 20.1. The van der Waals surface area contributed by atoms with Crippen molar-refractivity contribution in [1.29, 1.82) is 0 Å². The van der Waals surface area contributed by atoms with Gasteiger partial charge in [-0.1, -0.05) is 6.07 Å². The Balaban J connectivity index is 1.71. The van der Waals surface area contributed by atoms with Crippen LogP contribution in [0, 0.1) is 23.2 Å². The second-order valence-corrected chi connectivity index (χ2v) is 12.4. The molecular formula is C22H31BO3P2. The number of aryl methyl sites for hydroxylation is 1. The maximum atomic E-state index is 11.8. The van der Waals surface area contributed by atoms with Gasteiger partial charge in [0, 0.05) is 0 Å². The molecule has 7 atom stereocenters. The number of hydrogen-bond donors (Lipinski definition) is 0. The standard InChI is InChI=1S/C22H31BO3P2/c1-22(2,3)16(10-9-15-7-5-4-6-8-15)11-12-17-18-13-21(24)26-19(18)14-20(17)27-28-23-25/h4-8,11-12,16-20,27-28H,9-10,13-14H2,1-3H3/t16-,17-,18-,19+,20-/m1/s1. The molecule has 3 nitrogen and oxygen atoms in total. The van der Waals surface area contributed by atoms with E-state index >= 15 is 0 Å². The summed E-state index contributed by atoms with van der Waals surface area (Å²) >= 11 is 0. The van der Waals surface area contributed by atoms with E-state index < -0.39 is 0 Å². The molecule has 1 aromatic rings. The van der Waals surface area contributed by atoms with E-state index in [1.165, 1.54) is 5.56 Å². The molecule has 1 saturated carbocycles. The Kier molecular flexibility index (Phi) is 7.63. The summed E-state index contributed by atoms with van der Waals surface area (Å²) in [6.45, 7) is 7.97. The van der Waals surface area contributed by atoms with Gasteiger partial charge in [0.1, 0.15) is 0 Å². The van der Waals surface area contributed by atoms with Crippen molar-refractivity contribution < 1.29 is 14.2 Å². The molecule has 2 aliphatic rings. The first-order valence-corrected chi connectivity index (χ1v) is 13.4. The predicted molar refractivity (Wildman–Crippen MR) is 120 cm³/mol. The van der Waals surface area contributed by atoms with Gasteiger partial charge in [0.25, 0.3) is 0 Å². The summed E-state index contributed by atoms with van der Waals surface area (Å²) in [5, 5.41) is 0. The second-order valence-electron chi connectivity index (χ2n) is 9.10. The van der Waals surface area contributed by atoms with Gasteiger partial charge in [-0.05, 0) is 0 Å². The first kappa shape index (κ1) is 21.9. The van der Waals surface area contributed by atoms with Gasteiger partial charge in [-0.2, -0.15) is 0 Å². The van der Waals surface area contributed by atoms with Crippen LogP contribution >= 0.6 is 16.4 Å². The first-order valence-electron chi connectivity index (χ1n) is 10.2. The van der Waals surface area contributed by atoms with Crippen molar-refractivity contribution in [1.82, 2.24) is 0 Å². The minimum absolute atomic E-state index is 0.0514. The van der Waals surface area contributed by atoms with E-state index in [2.05, 4.69) is 63.3 Å². The summed E-state index contributed by atoms with van der Waals surface area (Å²) in [5.41, 5.74) is 2.05. The third-order valence-electron chi connectivity index (χ3n) is 6.20. The summed E-state index contributed by atoms with van der Waals surface area (Å²) in [7, 11) is 1.03. The Morgan fingerprint density at radius 3 is 2.71 bits per heavy atom. The van der Waals surface area contributed by atoms with E-state index in [1.54, 1.807) is 0 Å². The number of hydrogen-bond acceptors (Lipinski definition) is 3. The maximum absolute atomic E-state index is 11.8. The zero-order valence-corrected chi connectivity index (χ0v) is 19.1. The summed E-state index contributed by atoms with van der Waals surface area (Å²) in [5.74, 6) is 1.09. The van der Waals surface area contributed by atoms with Gasteiger partial charge in [0.2, 0.25) is 0 Å². The van der Waals surface area contributed by atoms with E-state index in [0.29, 0.717) is 46.3 Å². The summed E-state index contributed by atoms with van der Waals surface area (Å²) in [6.07, 6.45) is 8.49. The first-order chi connectivity index (χ1) is 13.4. The SMILES string of the molecule is CC(C)(C)[C@@H](C=C[C@@H]1[C@H]2CC(=O)O[C@H]2C[C@H]1PPB=O)CCc1ccccc1. The number of carbonyl (C=O) groups excluding carboxylic acids is 1. The van der Waals surface area contributed by atoms with Crippen LogP contribution in [0.1, 0.15) is 45.6 Å². The Morgan fingerprint density at radius 2 is 2.04 bits per heavy atom. The monoisotopic (exact) mass is 416 g/mol. The van der Waals surface area contributed by atoms with Crippen molar-refractivity contribution >= 4 is 29.3 Å². The molecule has 0 spiro atoms. The fraction of sp³-hybridized carbons (Fsp3) is 0.591. The number of ether oxygens (including phenoxy) is 1. The molecule has 2 fully saturated rings. The average Bonchev–Trinajstić information content (AvgIpc) is 3.15. The van der Waals surface area contributed by atoms with Crippen LogP contribution in [-0.2, 0) is 20.7 Å². The van der Waals surface area contributed by atoms with Crippen molar-refractivity contribution in [3.05, 3.63) is 48.0 Å². The van der Waals surface area contributed by atoms with Crippen LogP contribution in [0.25, 0.3) is 0 Å². The van der Waals surface area contributed by atoms with Crippen molar-refractivity contribution in [2.75, 3.05) is 0 Å². The fourth-order valence-corrected chi connectivity index (χ4v) is 7.52. The third-order valence-corrected chi connectivity index (χ3v) is 9.44. The van der Waals surface area contributed by atoms with Gasteiger partial charge < -0.3 is 0 Å². The van der Waals surface area contributed by atoms with E-state index in [9.17, 15) is 9.50 Å². The molecule has 1 aliphatic heterocycles. The number of fused-ring (bicyclic) bond motifs is 1. The van der Waals surface area contributed by atoms with Gasteiger partial charge in [0.15, 0.2) is 0 Å². The molecule has 3 rings (SSSR count). The molecular weight excluding hydrogens is 385 g/mol. The molecule has 1 heterocycles. The molecule has 6 heteroatoms. The van der Waals surface area contributed by atoms with Crippen molar-refractivity contribution in [2.24, 2.45) is 23.2 Å². The van der Waals surface area contributed by atoms with Gasteiger partial charge >= 0.3 is 167 Å². The predicted octanol–water partition coefficient (Wildman–Crippen LogP) is 5.39. The summed E-state index contributed by atoms with van der Waals surface area (Å²) < 4.78 is 16.5. The number of benzene rings is 1. The normalized spacial score (nSPS) is 29.0. The van der Waals surface area contributed by atoms with Crippen LogP contribution in [0.4, 0.5) is 0 Å². The Hall–Kier alpha value is -0.845. The van der Waals surface area contributed by atoms with Crippen LogP contribution in [-0.4, -0.2) is 24.6 Å². The van der Waals surface area contributed by atoms with Gasteiger partial charge in [0.05, 0.1) is 0 Å². The summed E-state index contributed by atoms with van der Waals surface area (Å²) in [4.78, 5) is 11.8. The fourth-order valence-electron chi connectivity index (χ4n) is 4.56. The Morgan fingerprint density at radius 1 is 1.29 bits per heavy atom. The molecule has 1 aliphatic carbocycles. The molecule has 0 radical (unpaired) electrons. The topological polar surface area (TPSA) is 43.4 Å². The van der Waals surface area contributed by atoms with Crippen LogP contribution in [0.15, 0.2) is 42.5 Å². The van der Waals surface area contributed by atoms with E-state index in [4.69, 9.17) is 4.74 Å². The zero-order valence-electron chi connectivity index (χ0n) is 17.1. The van der Waals surface area contributed by atoms with Crippen molar-refractivity contribution in [3.8, 4) is 0 Å². The minimum atomic E-state index is -0.0514. The van der Waals surface area contributed by atoms with Crippen LogP contribution < -0.4 is 0 Å². The number of rotatable bonds is 8. The molecule has 150 valence electrons. The second kappa shape index (κ2) is 9.77. The summed E-state index contributed by atoms with van der Waals surface area (Å²) in [6, 6.07) is 10.7. The van der Waals surface area contributed by atoms with Crippen LogP contribution in [0.3, 0.4) is 0 Å². The Bertz CT molecular complexity index is 701. The van der Waals surface area contributed by atoms with E-state index in [1.807, 2.05) is 0 Å². The Labute approximate surface area is 173 Å². The molecule has 2 unspecified atom stereocenters. The van der Waals surface area contributed by atoms with E-state index in [-0.39, 0.29) is 17.5 Å². The third kappa shape index (κ3) is 5.61. The van der Waals surface area contributed by atoms with E-state index in [0.717, 1.165) is 26.1 Å². The molecule has 1 aromatic carbocycles. The van der Waals surface area contributed by atoms with Crippen LogP contribution in [0.2, 0.25) is 0 Å². The number of allylic oxidation sites excluding steroid dienone is 2. The van der Waals surface area contributed by atoms with Gasteiger partial charge in [-0.15, -0.1) is 0 Å². The van der Waals surface area contributed by atoms with Gasteiger partial charge in [-0.25, -0.2) is 0 Å². The molecule has 0 amide bonds. The molecule has 0 aromatic heterocycles. The quantitative estimate of drug-likeness (QED) is 0.247. The molecule has 0 N–H and O–H groups in total. The number of esters is 1. The van der Waals surface area contributed by atoms with Crippen molar-refractivity contribution in [2.45, 2.75) is 58.2 Å². The van der Waals surface area contributed by atoms with Crippen molar-refractivity contribution in [3.63, 3.8) is 0 Å². The molecule has 0 bridgehead atoms. The number of carbonyl (C=O) groups is 1. The molecule has 28 heavy (non-hydrogen) atoms. The van der Waals surface area contributed by atoms with Crippen LogP contribution in [0.5, 0.6) is 0 Å². The van der Waals surface area contributed by atoms with Gasteiger partial charge in [-0.3, -0.25) is 0 Å². The average molecular weight is 416 g/mol.